The van der Waals surface area contributed by atoms with Gasteiger partial charge in [0.05, 0.1) is 23.7 Å². The van der Waals surface area contributed by atoms with Crippen LogP contribution in [0.4, 0.5) is 0 Å². The van der Waals surface area contributed by atoms with E-state index >= 15 is 0 Å². The van der Waals surface area contributed by atoms with Crippen molar-refractivity contribution in [2.45, 2.75) is 58.0 Å². The number of benzene rings is 1. The van der Waals surface area contributed by atoms with Crippen molar-refractivity contribution < 1.29 is 32.2 Å². The Morgan fingerprint density at radius 3 is 2.55 bits per heavy atom. The molecule has 0 radical (unpaired) electrons. The normalized spacial score (nSPS) is 24.5. The molecule has 33 heavy (non-hydrogen) atoms. The van der Waals surface area contributed by atoms with E-state index in [0.29, 0.717) is 36.5 Å². The number of carbonyl (C=O) groups excluding carboxylic acids is 2. The molecule has 1 heterocycles. The van der Waals surface area contributed by atoms with E-state index in [-0.39, 0.29) is 29.7 Å². The molecule has 2 fully saturated rings. The van der Waals surface area contributed by atoms with E-state index in [0.717, 1.165) is 19.3 Å². The highest BCUT2D eigenvalue weighted by molar-refractivity contribution is 7.89. The van der Waals surface area contributed by atoms with Crippen LogP contribution in [0.5, 0.6) is 0 Å². The van der Waals surface area contributed by atoms with Gasteiger partial charge in [0.15, 0.2) is 6.61 Å². The Morgan fingerprint density at radius 2 is 1.88 bits per heavy atom. The molecule has 1 aromatic carbocycles. The van der Waals surface area contributed by atoms with Gasteiger partial charge >= 0.3 is 11.9 Å². The van der Waals surface area contributed by atoms with Gasteiger partial charge in [-0.3, -0.25) is 0 Å². The van der Waals surface area contributed by atoms with Gasteiger partial charge in [-0.1, -0.05) is 33.3 Å². The third kappa shape index (κ3) is 6.33. The third-order valence-electron chi connectivity index (χ3n) is 6.60. The Bertz CT molecular complexity index is 954. The van der Waals surface area contributed by atoms with Crippen molar-refractivity contribution in [3.05, 3.63) is 29.3 Å². The zero-order valence-corrected chi connectivity index (χ0v) is 20.7. The predicted octanol–water partition coefficient (Wildman–Crippen LogP) is 3.18. The van der Waals surface area contributed by atoms with Crippen molar-refractivity contribution in [3.8, 4) is 0 Å². The molecule has 0 spiro atoms. The maximum atomic E-state index is 12.9. The SMILES string of the molecule is Cc1ccc(S(=O)(=O)N2CCOCC2)cc1C(=O)OCC(=O)OC1CC(C)CCC1C(C)C. The van der Waals surface area contributed by atoms with Crippen LogP contribution in [-0.2, 0) is 29.0 Å². The van der Waals surface area contributed by atoms with Crippen molar-refractivity contribution in [2.75, 3.05) is 32.9 Å². The predicted molar refractivity (Wildman–Crippen MR) is 122 cm³/mol. The van der Waals surface area contributed by atoms with Crippen LogP contribution in [0.3, 0.4) is 0 Å². The molecule has 9 heteroatoms. The van der Waals surface area contributed by atoms with Crippen molar-refractivity contribution in [1.29, 1.82) is 0 Å². The quantitative estimate of drug-likeness (QED) is 0.552. The van der Waals surface area contributed by atoms with E-state index < -0.39 is 28.6 Å². The molecule has 0 bridgehead atoms. The first-order valence-corrected chi connectivity index (χ1v) is 13.1. The first kappa shape index (κ1) is 25.6. The summed E-state index contributed by atoms with van der Waals surface area (Å²) >= 11 is 0. The fourth-order valence-corrected chi connectivity index (χ4v) is 6.01. The largest absolute Gasteiger partial charge is 0.460 e. The number of sulfonamides is 1. The van der Waals surface area contributed by atoms with Crippen molar-refractivity contribution in [3.63, 3.8) is 0 Å². The molecule has 1 saturated heterocycles. The molecule has 3 rings (SSSR count). The Hall–Kier alpha value is -1.97. The topological polar surface area (TPSA) is 99.2 Å². The lowest BCUT2D eigenvalue weighted by atomic mass is 9.75. The van der Waals surface area contributed by atoms with Gasteiger partial charge in [-0.15, -0.1) is 0 Å². The molecule has 8 nitrogen and oxygen atoms in total. The molecule has 3 unspecified atom stereocenters. The summed E-state index contributed by atoms with van der Waals surface area (Å²) in [5.74, 6) is -0.148. The molecule has 0 amide bonds. The van der Waals surface area contributed by atoms with Gasteiger partial charge in [-0.05, 0) is 55.2 Å². The van der Waals surface area contributed by atoms with E-state index in [9.17, 15) is 18.0 Å². The zero-order valence-electron chi connectivity index (χ0n) is 19.9. The minimum absolute atomic E-state index is 0.0143. The summed E-state index contributed by atoms with van der Waals surface area (Å²) in [7, 11) is -3.75. The molecule has 2 aliphatic rings. The lowest BCUT2D eigenvalue weighted by molar-refractivity contribution is -0.159. The van der Waals surface area contributed by atoms with Crippen LogP contribution in [0, 0.1) is 24.7 Å². The van der Waals surface area contributed by atoms with Crippen LogP contribution in [0.15, 0.2) is 23.1 Å². The first-order valence-electron chi connectivity index (χ1n) is 11.6. The van der Waals surface area contributed by atoms with E-state index in [2.05, 4.69) is 20.8 Å². The zero-order chi connectivity index (χ0) is 24.2. The number of aryl methyl sites for hydroxylation is 1. The average Bonchev–Trinajstić information content (AvgIpc) is 2.78. The summed E-state index contributed by atoms with van der Waals surface area (Å²) in [6.45, 7) is 8.78. The molecule has 1 saturated carbocycles. The number of hydrogen-bond donors (Lipinski definition) is 0. The number of rotatable bonds is 7. The Kier molecular flexibility index (Phi) is 8.53. The Balaban J connectivity index is 1.64. The van der Waals surface area contributed by atoms with Crippen LogP contribution in [-0.4, -0.2) is 63.7 Å². The first-order chi connectivity index (χ1) is 15.6. The smallest absolute Gasteiger partial charge is 0.344 e. The lowest BCUT2D eigenvalue weighted by Crippen LogP contribution is -2.40. The summed E-state index contributed by atoms with van der Waals surface area (Å²) in [5, 5.41) is 0. The van der Waals surface area contributed by atoms with Crippen LogP contribution < -0.4 is 0 Å². The molecular formula is C24H35NO7S. The highest BCUT2D eigenvalue weighted by atomic mass is 32.2. The van der Waals surface area contributed by atoms with Gasteiger partial charge in [0.2, 0.25) is 10.0 Å². The monoisotopic (exact) mass is 481 g/mol. The maximum Gasteiger partial charge on any atom is 0.344 e. The van der Waals surface area contributed by atoms with Crippen molar-refractivity contribution in [2.24, 2.45) is 17.8 Å². The second kappa shape index (κ2) is 11.0. The third-order valence-corrected chi connectivity index (χ3v) is 8.50. The van der Waals surface area contributed by atoms with Gasteiger partial charge in [0, 0.05) is 13.1 Å². The van der Waals surface area contributed by atoms with Crippen molar-refractivity contribution >= 4 is 22.0 Å². The lowest BCUT2D eigenvalue weighted by Gasteiger charge is -2.36. The molecule has 1 aromatic rings. The van der Waals surface area contributed by atoms with Gasteiger partial charge in [0.1, 0.15) is 6.10 Å². The highest BCUT2D eigenvalue weighted by Crippen LogP contribution is 2.35. The minimum atomic E-state index is -3.75. The number of nitrogens with zero attached hydrogens (tertiary/aromatic N) is 1. The molecule has 0 aromatic heterocycles. The number of carbonyl (C=O) groups is 2. The van der Waals surface area contributed by atoms with Gasteiger partial charge in [-0.25, -0.2) is 18.0 Å². The maximum absolute atomic E-state index is 12.9. The molecule has 1 aliphatic carbocycles. The molecule has 1 aliphatic heterocycles. The van der Waals surface area contributed by atoms with Crippen molar-refractivity contribution in [1.82, 2.24) is 4.31 Å². The van der Waals surface area contributed by atoms with Gasteiger partial charge in [-0.2, -0.15) is 4.31 Å². The summed E-state index contributed by atoms with van der Waals surface area (Å²) in [6, 6.07) is 4.35. The van der Waals surface area contributed by atoms with Crippen LogP contribution in [0.2, 0.25) is 0 Å². The number of ether oxygens (including phenoxy) is 3. The van der Waals surface area contributed by atoms with Crippen LogP contribution in [0.25, 0.3) is 0 Å². The minimum Gasteiger partial charge on any atom is -0.460 e. The molecular weight excluding hydrogens is 446 g/mol. The second-order valence-electron chi connectivity index (χ2n) is 9.42. The van der Waals surface area contributed by atoms with Gasteiger partial charge in [0.25, 0.3) is 0 Å². The Morgan fingerprint density at radius 1 is 1.18 bits per heavy atom. The van der Waals surface area contributed by atoms with Gasteiger partial charge < -0.3 is 14.2 Å². The second-order valence-corrected chi connectivity index (χ2v) is 11.4. The van der Waals surface area contributed by atoms with E-state index in [4.69, 9.17) is 14.2 Å². The average molecular weight is 482 g/mol. The summed E-state index contributed by atoms with van der Waals surface area (Å²) in [5.41, 5.74) is 0.679. The number of hydrogen-bond acceptors (Lipinski definition) is 7. The Labute approximate surface area is 196 Å². The molecule has 3 atom stereocenters. The summed E-state index contributed by atoms with van der Waals surface area (Å²) < 4.78 is 43.3. The number of morpholine rings is 1. The molecule has 184 valence electrons. The van der Waals surface area contributed by atoms with E-state index in [1.165, 1.54) is 16.4 Å². The van der Waals surface area contributed by atoms with Crippen LogP contribution in [0.1, 0.15) is 56.0 Å². The summed E-state index contributed by atoms with van der Waals surface area (Å²) in [4.78, 5) is 25.1. The number of esters is 2. The fraction of sp³-hybridized carbons (Fsp3) is 0.667. The fourth-order valence-electron chi connectivity index (χ4n) is 4.57. The van der Waals surface area contributed by atoms with Crippen LogP contribution >= 0.6 is 0 Å². The molecule has 0 N–H and O–H groups in total. The standard InChI is InChI=1S/C24H35NO7S/c1-16(2)20-8-5-17(3)13-22(20)32-23(26)15-31-24(27)21-14-19(7-6-18(21)4)33(28,29)25-9-11-30-12-10-25/h6-7,14,16-17,20,22H,5,8-13,15H2,1-4H3. The highest BCUT2D eigenvalue weighted by Gasteiger charge is 2.34. The van der Waals surface area contributed by atoms with E-state index in [1.807, 2.05) is 0 Å². The van der Waals surface area contributed by atoms with E-state index in [1.54, 1.807) is 13.0 Å². The summed E-state index contributed by atoms with van der Waals surface area (Å²) in [6.07, 6.45) is 2.77.